The third kappa shape index (κ3) is 7.60. The van der Waals surface area contributed by atoms with Crippen LogP contribution in [-0.2, 0) is 6.42 Å². The Morgan fingerprint density at radius 1 is 1.03 bits per heavy atom. The number of rotatable bonds is 6. The van der Waals surface area contributed by atoms with Crippen molar-refractivity contribution in [2.24, 2.45) is 0 Å². The Bertz CT molecular complexity index is 621. The number of carbonyl (C=O) groups is 1. The van der Waals surface area contributed by atoms with Crippen LogP contribution in [-0.4, -0.2) is 78.6 Å². The van der Waals surface area contributed by atoms with E-state index in [0.29, 0.717) is 6.04 Å². The Balaban J connectivity index is 0.00000225. The first-order valence-corrected chi connectivity index (χ1v) is 11.0. The molecule has 2 aliphatic heterocycles. The Labute approximate surface area is 195 Å². The number of benzene rings is 1. The largest absolute Gasteiger partial charge is 0.338 e. The molecule has 7 heteroatoms. The van der Waals surface area contributed by atoms with Gasteiger partial charge in [0.25, 0.3) is 0 Å². The maximum atomic E-state index is 12.8. The SMILES string of the molecule is CN1CCN(C2CCN(C(=O)NCCCCc3ccccc3)C(C)(C)C2)CC1.Cl.Cl. The molecule has 1 unspecified atom stereocenters. The number of unbranched alkanes of at least 4 members (excludes halogenated alkanes) is 1. The molecule has 2 saturated heterocycles. The molecular formula is C23H40Cl2N4O. The van der Waals surface area contributed by atoms with Crippen molar-refractivity contribution in [1.29, 1.82) is 0 Å². The quantitative estimate of drug-likeness (QED) is 0.653. The molecule has 2 fully saturated rings. The van der Waals surface area contributed by atoms with E-state index >= 15 is 0 Å². The number of urea groups is 1. The predicted octanol–water partition coefficient (Wildman–Crippen LogP) is 4.05. The van der Waals surface area contributed by atoms with Gasteiger partial charge in [0.15, 0.2) is 0 Å². The van der Waals surface area contributed by atoms with E-state index in [1.165, 1.54) is 5.56 Å². The molecule has 0 saturated carbocycles. The van der Waals surface area contributed by atoms with E-state index in [2.05, 4.69) is 71.2 Å². The van der Waals surface area contributed by atoms with E-state index < -0.39 is 0 Å². The minimum atomic E-state index is -0.0829. The highest BCUT2D eigenvalue weighted by molar-refractivity contribution is 5.85. The molecule has 2 heterocycles. The lowest BCUT2D eigenvalue weighted by molar-refractivity contribution is 0.0231. The molecule has 5 nitrogen and oxygen atoms in total. The Kier molecular flexibility index (Phi) is 11.5. The summed E-state index contributed by atoms with van der Waals surface area (Å²) in [6, 6.07) is 11.3. The average Bonchev–Trinajstić information content (AvgIpc) is 2.68. The van der Waals surface area contributed by atoms with Crippen molar-refractivity contribution in [3.05, 3.63) is 35.9 Å². The normalized spacial score (nSPS) is 22.0. The molecule has 1 aromatic rings. The van der Waals surface area contributed by atoms with Crippen molar-refractivity contribution in [3.8, 4) is 0 Å². The molecule has 0 spiro atoms. The van der Waals surface area contributed by atoms with Crippen molar-refractivity contribution < 1.29 is 4.79 Å². The number of amides is 2. The van der Waals surface area contributed by atoms with Crippen LogP contribution in [0.1, 0.15) is 45.1 Å². The number of hydrogen-bond donors (Lipinski definition) is 1. The number of piperidine rings is 1. The number of likely N-dealkylation sites (N-methyl/N-ethyl adjacent to an activating group) is 1. The van der Waals surface area contributed by atoms with Gasteiger partial charge in [-0.3, -0.25) is 4.90 Å². The summed E-state index contributed by atoms with van der Waals surface area (Å²) in [6.07, 6.45) is 5.38. The number of aryl methyl sites for hydroxylation is 1. The lowest BCUT2D eigenvalue weighted by Crippen LogP contribution is -2.61. The van der Waals surface area contributed by atoms with Crippen LogP contribution in [0.25, 0.3) is 0 Å². The van der Waals surface area contributed by atoms with E-state index in [0.717, 1.165) is 71.4 Å². The maximum absolute atomic E-state index is 12.8. The van der Waals surface area contributed by atoms with Crippen LogP contribution in [0, 0.1) is 0 Å². The van der Waals surface area contributed by atoms with Crippen molar-refractivity contribution in [3.63, 3.8) is 0 Å². The fourth-order valence-electron chi connectivity index (χ4n) is 4.63. The van der Waals surface area contributed by atoms with E-state index in [9.17, 15) is 4.79 Å². The molecular weight excluding hydrogens is 419 g/mol. The topological polar surface area (TPSA) is 38.8 Å². The fraction of sp³-hybridized carbons (Fsp3) is 0.696. The molecule has 1 N–H and O–H groups in total. The van der Waals surface area contributed by atoms with Crippen molar-refractivity contribution in [1.82, 2.24) is 20.0 Å². The number of halogens is 2. The van der Waals surface area contributed by atoms with Gasteiger partial charge in [-0.1, -0.05) is 30.3 Å². The zero-order chi connectivity index (χ0) is 20.0. The van der Waals surface area contributed by atoms with Crippen LogP contribution >= 0.6 is 24.8 Å². The average molecular weight is 460 g/mol. The first kappa shape index (κ1) is 27.0. The second-order valence-electron chi connectivity index (χ2n) is 9.12. The fourth-order valence-corrected chi connectivity index (χ4v) is 4.63. The number of piperazine rings is 1. The molecule has 3 rings (SSSR count). The van der Waals surface area contributed by atoms with Crippen molar-refractivity contribution >= 4 is 30.8 Å². The third-order valence-corrected chi connectivity index (χ3v) is 6.46. The van der Waals surface area contributed by atoms with Crippen LogP contribution in [0.3, 0.4) is 0 Å². The zero-order valence-electron chi connectivity index (χ0n) is 18.8. The molecule has 1 aromatic carbocycles. The van der Waals surface area contributed by atoms with Gasteiger partial charge in [-0.25, -0.2) is 4.79 Å². The number of nitrogens with one attached hydrogen (secondary N) is 1. The van der Waals surface area contributed by atoms with E-state index in [1.807, 2.05) is 0 Å². The molecule has 30 heavy (non-hydrogen) atoms. The summed E-state index contributed by atoms with van der Waals surface area (Å²) in [5, 5.41) is 3.16. The maximum Gasteiger partial charge on any atom is 0.317 e. The highest BCUT2D eigenvalue weighted by Gasteiger charge is 2.39. The first-order chi connectivity index (χ1) is 13.5. The first-order valence-electron chi connectivity index (χ1n) is 11.0. The Hall–Kier alpha value is -1.01. The van der Waals surface area contributed by atoms with E-state index in [1.54, 1.807) is 0 Å². The summed E-state index contributed by atoms with van der Waals surface area (Å²) in [5.74, 6) is 0. The Morgan fingerprint density at radius 3 is 2.33 bits per heavy atom. The molecule has 0 aliphatic carbocycles. The van der Waals surface area contributed by atoms with Gasteiger partial charge in [-0.15, -0.1) is 24.8 Å². The van der Waals surface area contributed by atoms with E-state index in [-0.39, 0.29) is 36.4 Å². The summed E-state index contributed by atoms with van der Waals surface area (Å²) >= 11 is 0. The molecule has 0 aromatic heterocycles. The molecule has 2 amide bonds. The van der Waals surface area contributed by atoms with Crippen LogP contribution in [0.2, 0.25) is 0 Å². The van der Waals surface area contributed by atoms with Gasteiger partial charge in [0.2, 0.25) is 0 Å². The summed E-state index contributed by atoms with van der Waals surface area (Å²) in [6.45, 7) is 10.7. The second kappa shape index (κ2) is 12.7. The van der Waals surface area contributed by atoms with Crippen LogP contribution < -0.4 is 5.32 Å². The highest BCUT2D eigenvalue weighted by atomic mass is 35.5. The number of likely N-dealkylation sites (tertiary alicyclic amines) is 1. The molecule has 2 aliphatic rings. The summed E-state index contributed by atoms with van der Waals surface area (Å²) in [4.78, 5) is 19.9. The van der Waals surface area contributed by atoms with E-state index in [4.69, 9.17) is 0 Å². The van der Waals surface area contributed by atoms with Crippen LogP contribution in [0.5, 0.6) is 0 Å². The van der Waals surface area contributed by atoms with Crippen LogP contribution in [0.15, 0.2) is 30.3 Å². The lowest BCUT2D eigenvalue weighted by atomic mass is 9.86. The monoisotopic (exact) mass is 458 g/mol. The van der Waals surface area contributed by atoms with Gasteiger partial charge in [0.05, 0.1) is 0 Å². The molecule has 172 valence electrons. The second-order valence-corrected chi connectivity index (χ2v) is 9.12. The van der Waals surface area contributed by atoms with Crippen LogP contribution in [0.4, 0.5) is 4.79 Å². The molecule has 0 bridgehead atoms. The highest BCUT2D eigenvalue weighted by Crippen LogP contribution is 2.30. The number of hydrogen-bond acceptors (Lipinski definition) is 3. The van der Waals surface area contributed by atoms with Crippen molar-refractivity contribution in [2.45, 2.75) is 57.5 Å². The van der Waals surface area contributed by atoms with Gasteiger partial charge in [-0.05, 0) is 58.6 Å². The lowest BCUT2D eigenvalue weighted by Gasteiger charge is -2.49. The number of carbonyl (C=O) groups excluding carboxylic acids is 1. The summed E-state index contributed by atoms with van der Waals surface area (Å²) < 4.78 is 0. The van der Waals surface area contributed by atoms with Gasteiger partial charge in [0, 0.05) is 50.8 Å². The van der Waals surface area contributed by atoms with Crippen molar-refractivity contribution in [2.75, 3.05) is 46.3 Å². The molecule has 0 radical (unpaired) electrons. The van der Waals surface area contributed by atoms with Gasteiger partial charge in [-0.2, -0.15) is 0 Å². The summed E-state index contributed by atoms with van der Waals surface area (Å²) in [5.41, 5.74) is 1.29. The predicted molar refractivity (Wildman–Crippen MR) is 130 cm³/mol. The summed E-state index contributed by atoms with van der Waals surface area (Å²) in [7, 11) is 2.20. The Morgan fingerprint density at radius 2 is 1.70 bits per heavy atom. The minimum absolute atomic E-state index is 0. The standard InChI is InChI=1S/C23H38N4O.2ClH/c1-23(2)19-21(26-17-15-25(3)16-18-26)12-14-27(23)22(28)24-13-8-7-11-20-9-5-4-6-10-20;;/h4-6,9-10,21H,7-8,11-19H2,1-3H3,(H,24,28);2*1H. The minimum Gasteiger partial charge on any atom is -0.338 e. The number of nitrogens with zero attached hydrogens (tertiary/aromatic N) is 3. The van der Waals surface area contributed by atoms with Gasteiger partial charge < -0.3 is 15.1 Å². The van der Waals surface area contributed by atoms with Gasteiger partial charge >= 0.3 is 6.03 Å². The zero-order valence-corrected chi connectivity index (χ0v) is 20.4. The third-order valence-electron chi connectivity index (χ3n) is 6.46. The smallest absolute Gasteiger partial charge is 0.317 e. The molecule has 1 atom stereocenters. The van der Waals surface area contributed by atoms with Gasteiger partial charge in [0.1, 0.15) is 0 Å².